The van der Waals surface area contributed by atoms with Crippen LogP contribution < -0.4 is 5.32 Å². The lowest BCUT2D eigenvalue weighted by Gasteiger charge is -2.15. The average molecular weight is 338 g/mol. The Kier molecular flexibility index (Phi) is 5.31. The molecule has 0 radical (unpaired) electrons. The standard InChI is InChI=1S/C15H20BrN3O/c1-10(2)11(3)8-17-9-14-18-19-15(20-14)12-6-4-5-7-13(12)16/h4-7,10-11,17H,8-9H2,1-3H3. The zero-order valence-electron chi connectivity index (χ0n) is 12.1. The first-order valence-corrected chi connectivity index (χ1v) is 7.65. The molecule has 1 heterocycles. The van der Waals surface area contributed by atoms with Crippen molar-refractivity contribution in [3.8, 4) is 11.5 Å². The molecule has 20 heavy (non-hydrogen) atoms. The Labute approximate surface area is 128 Å². The first-order valence-electron chi connectivity index (χ1n) is 6.86. The van der Waals surface area contributed by atoms with Gasteiger partial charge in [0.25, 0.3) is 0 Å². The Balaban J connectivity index is 1.95. The van der Waals surface area contributed by atoms with Crippen LogP contribution in [0.1, 0.15) is 26.7 Å². The maximum atomic E-state index is 5.68. The fourth-order valence-corrected chi connectivity index (χ4v) is 2.17. The zero-order chi connectivity index (χ0) is 14.5. The Bertz CT molecular complexity index is 554. The first-order chi connectivity index (χ1) is 9.58. The second kappa shape index (κ2) is 6.99. The van der Waals surface area contributed by atoms with E-state index < -0.39 is 0 Å². The van der Waals surface area contributed by atoms with Crippen LogP contribution in [0.5, 0.6) is 0 Å². The van der Waals surface area contributed by atoms with Crippen molar-refractivity contribution in [2.24, 2.45) is 11.8 Å². The van der Waals surface area contributed by atoms with Gasteiger partial charge in [-0.15, -0.1) is 10.2 Å². The van der Waals surface area contributed by atoms with E-state index in [-0.39, 0.29) is 0 Å². The molecule has 2 rings (SSSR count). The molecule has 5 heteroatoms. The maximum Gasteiger partial charge on any atom is 0.248 e. The smallest absolute Gasteiger partial charge is 0.248 e. The number of aromatic nitrogens is 2. The Morgan fingerprint density at radius 1 is 1.20 bits per heavy atom. The van der Waals surface area contributed by atoms with Crippen LogP contribution >= 0.6 is 15.9 Å². The predicted molar refractivity (Wildman–Crippen MR) is 83.1 cm³/mol. The Morgan fingerprint density at radius 3 is 2.65 bits per heavy atom. The molecule has 0 amide bonds. The molecule has 1 N–H and O–H groups in total. The van der Waals surface area contributed by atoms with E-state index in [1.165, 1.54) is 0 Å². The van der Waals surface area contributed by atoms with Gasteiger partial charge in [0.05, 0.1) is 12.1 Å². The quantitative estimate of drug-likeness (QED) is 0.868. The highest BCUT2D eigenvalue weighted by atomic mass is 79.9. The normalized spacial score (nSPS) is 12.8. The SMILES string of the molecule is CC(C)C(C)CNCc1nnc(-c2ccccc2Br)o1. The molecule has 1 aromatic carbocycles. The predicted octanol–water partition coefficient (Wildman–Crippen LogP) is 3.88. The van der Waals surface area contributed by atoms with Crippen molar-refractivity contribution in [3.63, 3.8) is 0 Å². The second-order valence-corrected chi connectivity index (χ2v) is 6.19. The molecule has 0 saturated carbocycles. The molecule has 0 bridgehead atoms. The summed E-state index contributed by atoms with van der Waals surface area (Å²) in [5.74, 6) is 2.46. The average Bonchev–Trinajstić information content (AvgIpc) is 2.87. The lowest BCUT2D eigenvalue weighted by molar-refractivity contribution is 0.378. The van der Waals surface area contributed by atoms with E-state index in [4.69, 9.17) is 4.42 Å². The molecule has 1 aromatic heterocycles. The minimum absolute atomic E-state index is 0.547. The summed E-state index contributed by atoms with van der Waals surface area (Å²) in [6.07, 6.45) is 0. The third-order valence-electron chi connectivity index (χ3n) is 3.45. The molecule has 0 saturated heterocycles. The summed E-state index contributed by atoms with van der Waals surface area (Å²) in [6.45, 7) is 8.24. The van der Waals surface area contributed by atoms with Gasteiger partial charge < -0.3 is 9.73 Å². The fourth-order valence-electron chi connectivity index (χ4n) is 1.71. The number of halogens is 1. The lowest BCUT2D eigenvalue weighted by atomic mass is 9.98. The van der Waals surface area contributed by atoms with E-state index >= 15 is 0 Å². The number of benzene rings is 1. The van der Waals surface area contributed by atoms with Crippen molar-refractivity contribution < 1.29 is 4.42 Å². The highest BCUT2D eigenvalue weighted by Crippen LogP contribution is 2.26. The molecule has 4 nitrogen and oxygen atoms in total. The molecule has 0 aliphatic carbocycles. The van der Waals surface area contributed by atoms with Crippen LogP contribution in [0.3, 0.4) is 0 Å². The van der Waals surface area contributed by atoms with Gasteiger partial charge in [-0.25, -0.2) is 0 Å². The van der Waals surface area contributed by atoms with Crippen molar-refractivity contribution in [1.29, 1.82) is 0 Å². The van der Waals surface area contributed by atoms with E-state index in [1.807, 2.05) is 24.3 Å². The number of hydrogen-bond donors (Lipinski definition) is 1. The maximum absolute atomic E-state index is 5.68. The minimum Gasteiger partial charge on any atom is -0.419 e. The van der Waals surface area contributed by atoms with E-state index in [2.05, 4.69) is 52.2 Å². The van der Waals surface area contributed by atoms with Gasteiger partial charge in [-0.1, -0.05) is 32.9 Å². The van der Waals surface area contributed by atoms with E-state index in [1.54, 1.807) is 0 Å². The van der Waals surface area contributed by atoms with Crippen LogP contribution in [0.2, 0.25) is 0 Å². The van der Waals surface area contributed by atoms with Crippen LogP contribution in [-0.4, -0.2) is 16.7 Å². The summed E-state index contributed by atoms with van der Waals surface area (Å²) in [4.78, 5) is 0. The molecule has 1 unspecified atom stereocenters. The molecule has 0 aliphatic heterocycles. The van der Waals surface area contributed by atoms with Crippen LogP contribution in [0.15, 0.2) is 33.2 Å². The fraction of sp³-hybridized carbons (Fsp3) is 0.467. The highest BCUT2D eigenvalue weighted by Gasteiger charge is 2.12. The van der Waals surface area contributed by atoms with Gasteiger partial charge in [-0.3, -0.25) is 0 Å². The largest absolute Gasteiger partial charge is 0.419 e. The molecule has 108 valence electrons. The summed E-state index contributed by atoms with van der Waals surface area (Å²) in [6, 6.07) is 7.82. The van der Waals surface area contributed by atoms with Gasteiger partial charge in [0.15, 0.2) is 0 Å². The molecule has 0 fully saturated rings. The zero-order valence-corrected chi connectivity index (χ0v) is 13.6. The topological polar surface area (TPSA) is 51.0 Å². The van der Waals surface area contributed by atoms with Crippen LogP contribution in [0, 0.1) is 11.8 Å². The van der Waals surface area contributed by atoms with Gasteiger partial charge in [0.1, 0.15) is 0 Å². The molecular weight excluding hydrogens is 318 g/mol. The minimum atomic E-state index is 0.547. The summed E-state index contributed by atoms with van der Waals surface area (Å²) < 4.78 is 6.63. The van der Waals surface area contributed by atoms with Crippen molar-refractivity contribution in [3.05, 3.63) is 34.6 Å². The van der Waals surface area contributed by atoms with Crippen molar-refractivity contribution in [1.82, 2.24) is 15.5 Å². The molecule has 0 spiro atoms. The monoisotopic (exact) mass is 337 g/mol. The molecule has 2 aromatic rings. The van der Waals surface area contributed by atoms with Crippen molar-refractivity contribution in [2.75, 3.05) is 6.54 Å². The number of rotatable bonds is 6. The summed E-state index contributed by atoms with van der Waals surface area (Å²) >= 11 is 3.49. The molecular formula is C15H20BrN3O. The third kappa shape index (κ3) is 3.90. The van der Waals surface area contributed by atoms with E-state index in [9.17, 15) is 0 Å². The summed E-state index contributed by atoms with van der Waals surface area (Å²) in [7, 11) is 0. The number of nitrogens with one attached hydrogen (secondary N) is 1. The number of nitrogens with zero attached hydrogens (tertiary/aromatic N) is 2. The van der Waals surface area contributed by atoms with Gasteiger partial charge in [0.2, 0.25) is 11.8 Å². The van der Waals surface area contributed by atoms with Crippen LogP contribution in [0.25, 0.3) is 11.5 Å². The second-order valence-electron chi connectivity index (χ2n) is 5.33. The van der Waals surface area contributed by atoms with E-state index in [0.717, 1.165) is 16.6 Å². The Morgan fingerprint density at radius 2 is 1.95 bits per heavy atom. The third-order valence-corrected chi connectivity index (χ3v) is 4.14. The van der Waals surface area contributed by atoms with Crippen molar-refractivity contribution >= 4 is 15.9 Å². The van der Waals surface area contributed by atoms with Crippen LogP contribution in [0.4, 0.5) is 0 Å². The first kappa shape index (κ1) is 15.2. The lowest BCUT2D eigenvalue weighted by Crippen LogP contribution is -2.23. The van der Waals surface area contributed by atoms with Gasteiger partial charge in [-0.2, -0.15) is 0 Å². The summed E-state index contributed by atoms with van der Waals surface area (Å²) in [5.41, 5.74) is 0.918. The molecule has 0 aliphatic rings. The van der Waals surface area contributed by atoms with Crippen molar-refractivity contribution in [2.45, 2.75) is 27.3 Å². The van der Waals surface area contributed by atoms with E-state index in [0.29, 0.717) is 30.2 Å². The Hall–Kier alpha value is -1.20. The van der Waals surface area contributed by atoms with Gasteiger partial charge >= 0.3 is 0 Å². The molecule has 1 atom stereocenters. The van der Waals surface area contributed by atoms with Gasteiger partial charge in [-0.05, 0) is 46.4 Å². The van der Waals surface area contributed by atoms with Crippen LogP contribution in [-0.2, 0) is 6.54 Å². The summed E-state index contributed by atoms with van der Waals surface area (Å²) in [5, 5.41) is 11.5. The number of hydrogen-bond acceptors (Lipinski definition) is 4. The highest BCUT2D eigenvalue weighted by molar-refractivity contribution is 9.10. The van der Waals surface area contributed by atoms with Gasteiger partial charge in [0, 0.05) is 4.47 Å².